The van der Waals surface area contributed by atoms with Crippen LogP contribution in [-0.4, -0.2) is 71.9 Å². The van der Waals surface area contributed by atoms with Gasteiger partial charge in [0.1, 0.15) is 58.7 Å². The van der Waals surface area contributed by atoms with E-state index in [1.807, 2.05) is 0 Å². The van der Waals surface area contributed by atoms with E-state index in [9.17, 15) is 45.6 Å². The van der Waals surface area contributed by atoms with Gasteiger partial charge in [0.25, 0.3) is 0 Å². The van der Waals surface area contributed by atoms with E-state index in [0.717, 1.165) is 24.3 Å². The number of hydrogen-bond donors (Lipinski definition) is 8. The number of phenols is 4. The molecule has 1 aliphatic heterocycles. The summed E-state index contributed by atoms with van der Waals surface area (Å²) in [5.41, 5.74) is -1.46. The van der Waals surface area contributed by atoms with Crippen molar-refractivity contribution in [2.24, 2.45) is 0 Å². The SMILES string of the molecule is O=c1c([C@@H]2O[C@H](CO)[C@H](O)[C@H](O)[C@H]2O)c(-c2ccc(O)c(O)c2)oc2cc(O)cc(O)c12. The zero-order valence-electron chi connectivity index (χ0n) is 16.3. The number of aromatic hydroxyl groups is 4. The van der Waals surface area contributed by atoms with Crippen LogP contribution < -0.4 is 5.43 Å². The van der Waals surface area contributed by atoms with Crippen LogP contribution in [0.4, 0.5) is 0 Å². The summed E-state index contributed by atoms with van der Waals surface area (Å²) in [7, 11) is 0. The van der Waals surface area contributed by atoms with Crippen LogP contribution in [0.2, 0.25) is 0 Å². The van der Waals surface area contributed by atoms with E-state index in [2.05, 4.69) is 0 Å². The van der Waals surface area contributed by atoms with Crippen molar-refractivity contribution in [3.05, 3.63) is 46.1 Å². The molecule has 2 aromatic carbocycles. The van der Waals surface area contributed by atoms with E-state index >= 15 is 0 Å². The minimum absolute atomic E-state index is 0.0501. The highest BCUT2D eigenvalue weighted by Gasteiger charge is 2.46. The van der Waals surface area contributed by atoms with Crippen LogP contribution in [0.1, 0.15) is 11.7 Å². The van der Waals surface area contributed by atoms with Crippen molar-refractivity contribution in [3.8, 4) is 34.3 Å². The van der Waals surface area contributed by atoms with Crippen LogP contribution in [0.5, 0.6) is 23.0 Å². The number of aliphatic hydroxyl groups excluding tert-OH is 4. The number of ether oxygens (including phenoxy) is 1. The molecule has 1 aliphatic rings. The standard InChI is InChI=1S/C21H20O11/c22-6-13-16(27)18(29)19(30)21(32-13)15-17(28)14-11(26)4-8(23)5-12(14)31-20(15)7-1-2-9(24)10(25)3-7/h1-5,13,16,18-19,21-27,29-30H,6H2/t13-,16+,18+,19-,21+/m1/s1. The van der Waals surface area contributed by atoms with E-state index < -0.39 is 65.6 Å². The molecule has 0 unspecified atom stereocenters. The Hall–Kier alpha value is -3.35. The van der Waals surface area contributed by atoms with Crippen molar-refractivity contribution >= 4 is 11.0 Å². The van der Waals surface area contributed by atoms with Gasteiger partial charge < -0.3 is 50.0 Å². The van der Waals surface area contributed by atoms with Crippen molar-refractivity contribution < 1.29 is 50.0 Å². The fourth-order valence-electron chi connectivity index (χ4n) is 3.78. The number of phenolic OH excluding ortho intramolecular Hbond substituents is 4. The summed E-state index contributed by atoms with van der Waals surface area (Å²) < 4.78 is 11.3. The predicted molar refractivity (Wildman–Crippen MR) is 107 cm³/mol. The third kappa shape index (κ3) is 3.42. The van der Waals surface area contributed by atoms with Gasteiger partial charge in [-0.15, -0.1) is 0 Å². The lowest BCUT2D eigenvalue weighted by atomic mass is 9.89. The molecule has 170 valence electrons. The first-order valence-electron chi connectivity index (χ1n) is 9.49. The normalized spacial score (nSPS) is 25.8. The van der Waals surface area contributed by atoms with Gasteiger partial charge >= 0.3 is 0 Å². The fourth-order valence-corrected chi connectivity index (χ4v) is 3.78. The molecule has 3 aromatic rings. The van der Waals surface area contributed by atoms with Gasteiger partial charge in [0.15, 0.2) is 11.5 Å². The summed E-state index contributed by atoms with van der Waals surface area (Å²) >= 11 is 0. The Morgan fingerprint density at radius 2 is 1.56 bits per heavy atom. The molecule has 32 heavy (non-hydrogen) atoms. The Labute approximate surface area is 179 Å². The van der Waals surface area contributed by atoms with E-state index in [-0.39, 0.29) is 27.9 Å². The molecule has 0 bridgehead atoms. The number of aliphatic hydroxyl groups is 4. The van der Waals surface area contributed by atoms with Gasteiger partial charge in [-0.1, -0.05) is 0 Å². The molecule has 0 spiro atoms. The molecular formula is C21H20O11. The van der Waals surface area contributed by atoms with Gasteiger partial charge in [-0.3, -0.25) is 4.79 Å². The van der Waals surface area contributed by atoms with Crippen LogP contribution in [0.25, 0.3) is 22.3 Å². The van der Waals surface area contributed by atoms with Crippen LogP contribution in [0.15, 0.2) is 39.5 Å². The summed E-state index contributed by atoms with van der Waals surface area (Å²) in [6.07, 6.45) is -8.26. The Morgan fingerprint density at radius 1 is 0.844 bits per heavy atom. The Balaban J connectivity index is 2.04. The first-order valence-corrected chi connectivity index (χ1v) is 9.49. The maximum absolute atomic E-state index is 13.4. The Morgan fingerprint density at radius 3 is 2.22 bits per heavy atom. The summed E-state index contributed by atoms with van der Waals surface area (Å²) in [4.78, 5) is 13.4. The molecule has 11 heteroatoms. The second-order valence-corrected chi connectivity index (χ2v) is 7.46. The van der Waals surface area contributed by atoms with Crippen LogP contribution in [0, 0.1) is 0 Å². The highest BCUT2D eigenvalue weighted by Crippen LogP contribution is 2.41. The number of benzene rings is 2. The van der Waals surface area contributed by atoms with Gasteiger partial charge in [-0.25, -0.2) is 0 Å². The Kier molecular flexibility index (Phi) is 5.44. The third-order valence-corrected chi connectivity index (χ3v) is 5.41. The second kappa shape index (κ2) is 7.97. The molecule has 4 rings (SSSR count). The molecule has 1 fully saturated rings. The van der Waals surface area contributed by atoms with Crippen molar-refractivity contribution in [2.75, 3.05) is 6.61 Å². The van der Waals surface area contributed by atoms with Crippen LogP contribution in [-0.2, 0) is 4.74 Å². The molecular weight excluding hydrogens is 428 g/mol. The van der Waals surface area contributed by atoms with E-state index in [1.54, 1.807) is 0 Å². The summed E-state index contributed by atoms with van der Waals surface area (Å²) in [6.45, 7) is -0.741. The lowest BCUT2D eigenvalue weighted by Gasteiger charge is -2.40. The number of fused-ring (bicyclic) bond motifs is 1. The van der Waals surface area contributed by atoms with Crippen molar-refractivity contribution in [3.63, 3.8) is 0 Å². The van der Waals surface area contributed by atoms with E-state index in [0.29, 0.717) is 0 Å². The number of rotatable bonds is 3. The van der Waals surface area contributed by atoms with Gasteiger partial charge in [0.2, 0.25) is 5.43 Å². The summed E-state index contributed by atoms with van der Waals surface area (Å²) in [6, 6.07) is 5.44. The molecule has 0 amide bonds. The minimum atomic E-state index is -1.84. The fraction of sp³-hybridized carbons (Fsp3) is 0.286. The topological polar surface area (TPSA) is 201 Å². The molecule has 11 nitrogen and oxygen atoms in total. The molecule has 5 atom stereocenters. The average Bonchev–Trinajstić information content (AvgIpc) is 2.74. The van der Waals surface area contributed by atoms with Crippen molar-refractivity contribution in [2.45, 2.75) is 30.5 Å². The zero-order chi connectivity index (χ0) is 23.3. The van der Waals surface area contributed by atoms with Crippen LogP contribution >= 0.6 is 0 Å². The smallest absolute Gasteiger partial charge is 0.203 e. The highest BCUT2D eigenvalue weighted by molar-refractivity contribution is 5.87. The van der Waals surface area contributed by atoms with Gasteiger partial charge in [0, 0.05) is 17.7 Å². The quantitative estimate of drug-likeness (QED) is 0.247. The van der Waals surface area contributed by atoms with Crippen LogP contribution in [0.3, 0.4) is 0 Å². The van der Waals surface area contributed by atoms with Gasteiger partial charge in [-0.2, -0.15) is 0 Å². The van der Waals surface area contributed by atoms with Gasteiger partial charge in [-0.05, 0) is 18.2 Å². The molecule has 1 aromatic heterocycles. The van der Waals surface area contributed by atoms with Crippen molar-refractivity contribution in [1.29, 1.82) is 0 Å². The molecule has 0 aliphatic carbocycles. The maximum Gasteiger partial charge on any atom is 0.203 e. The first-order chi connectivity index (χ1) is 15.1. The largest absolute Gasteiger partial charge is 0.508 e. The lowest BCUT2D eigenvalue weighted by molar-refractivity contribution is -0.232. The van der Waals surface area contributed by atoms with Gasteiger partial charge in [0.05, 0.1) is 12.2 Å². The van der Waals surface area contributed by atoms with E-state index in [1.165, 1.54) is 6.07 Å². The molecule has 0 saturated carbocycles. The molecule has 2 heterocycles. The zero-order valence-corrected chi connectivity index (χ0v) is 16.3. The lowest BCUT2D eigenvalue weighted by Crippen LogP contribution is -2.55. The molecule has 8 N–H and O–H groups in total. The predicted octanol–water partition coefficient (Wildman–Crippen LogP) is -0.203. The first kappa shape index (κ1) is 21.9. The number of hydrogen-bond acceptors (Lipinski definition) is 11. The Bertz CT molecular complexity index is 1230. The second-order valence-electron chi connectivity index (χ2n) is 7.46. The summed E-state index contributed by atoms with van der Waals surface area (Å²) in [5, 5.41) is 79.5. The maximum atomic E-state index is 13.4. The monoisotopic (exact) mass is 448 g/mol. The molecule has 1 saturated heterocycles. The highest BCUT2D eigenvalue weighted by atomic mass is 16.5. The minimum Gasteiger partial charge on any atom is -0.508 e. The van der Waals surface area contributed by atoms with Crippen molar-refractivity contribution in [1.82, 2.24) is 0 Å². The average molecular weight is 448 g/mol. The van der Waals surface area contributed by atoms with E-state index in [4.69, 9.17) is 9.15 Å². The third-order valence-electron chi connectivity index (χ3n) is 5.41. The summed E-state index contributed by atoms with van der Waals surface area (Å²) in [5.74, 6) is -2.31. The molecule has 0 radical (unpaired) electrons.